The van der Waals surface area contributed by atoms with Crippen LogP contribution in [0.1, 0.15) is 5.69 Å². The molecule has 0 aliphatic carbocycles. The summed E-state index contributed by atoms with van der Waals surface area (Å²) in [5.41, 5.74) is 16.2. The summed E-state index contributed by atoms with van der Waals surface area (Å²) in [7, 11) is 0. The first-order chi connectivity index (χ1) is 8.61. The van der Waals surface area contributed by atoms with E-state index in [9.17, 15) is 0 Å². The Hall–Kier alpha value is -2.56. The number of anilines is 2. The van der Waals surface area contributed by atoms with Crippen molar-refractivity contribution in [2.24, 2.45) is 0 Å². The van der Waals surface area contributed by atoms with Crippen LogP contribution in [0.4, 0.5) is 11.4 Å². The van der Waals surface area contributed by atoms with Gasteiger partial charge in [0.05, 0.1) is 5.52 Å². The van der Waals surface area contributed by atoms with E-state index < -0.39 is 0 Å². The number of hydrogen-bond donors (Lipinski definition) is 3. The molecule has 3 rings (SSSR count). The standard InChI is InChI=1S/C13H13N5/c1-7-2-3-11-13(16-7)18-12(17-11)8-4-9(14)6-10(15)5-8/h2-6H,14-15H2,1H3,(H,16,17,18). The van der Waals surface area contributed by atoms with Gasteiger partial charge in [0, 0.05) is 22.6 Å². The number of fused-ring (bicyclic) bond motifs is 1. The van der Waals surface area contributed by atoms with E-state index in [0.717, 1.165) is 22.6 Å². The number of aromatic nitrogens is 3. The minimum absolute atomic E-state index is 0.620. The lowest BCUT2D eigenvalue weighted by molar-refractivity contribution is 1.22. The molecule has 0 unspecified atom stereocenters. The number of imidazole rings is 1. The largest absolute Gasteiger partial charge is 0.399 e. The summed E-state index contributed by atoms with van der Waals surface area (Å²) in [4.78, 5) is 12.0. The monoisotopic (exact) mass is 239 g/mol. The number of nitrogens with zero attached hydrogens (tertiary/aromatic N) is 2. The van der Waals surface area contributed by atoms with E-state index in [2.05, 4.69) is 15.0 Å². The van der Waals surface area contributed by atoms with Crippen molar-refractivity contribution in [3.63, 3.8) is 0 Å². The summed E-state index contributed by atoms with van der Waals surface area (Å²) in [5, 5.41) is 0. The molecule has 0 aliphatic heterocycles. The van der Waals surface area contributed by atoms with Gasteiger partial charge in [-0.05, 0) is 37.3 Å². The Bertz CT molecular complexity index is 709. The molecule has 3 aromatic rings. The van der Waals surface area contributed by atoms with E-state index in [4.69, 9.17) is 11.5 Å². The molecular weight excluding hydrogens is 226 g/mol. The number of pyridine rings is 1. The Kier molecular flexibility index (Phi) is 2.19. The number of nitrogens with two attached hydrogens (primary N) is 2. The number of nitrogen functional groups attached to an aromatic ring is 2. The molecule has 90 valence electrons. The van der Waals surface area contributed by atoms with Crippen molar-refractivity contribution in [2.75, 3.05) is 11.5 Å². The van der Waals surface area contributed by atoms with Gasteiger partial charge in [-0.25, -0.2) is 9.97 Å². The fraction of sp³-hybridized carbons (Fsp3) is 0.0769. The number of aryl methyl sites for hydroxylation is 1. The lowest BCUT2D eigenvalue weighted by Crippen LogP contribution is -1.92. The van der Waals surface area contributed by atoms with Crippen LogP contribution in [0.5, 0.6) is 0 Å². The maximum Gasteiger partial charge on any atom is 0.178 e. The molecule has 0 saturated carbocycles. The molecule has 5 nitrogen and oxygen atoms in total. The van der Waals surface area contributed by atoms with Crippen LogP contribution in [0.15, 0.2) is 30.3 Å². The average Bonchev–Trinajstić information content (AvgIpc) is 2.70. The highest BCUT2D eigenvalue weighted by Crippen LogP contribution is 2.24. The van der Waals surface area contributed by atoms with Crippen LogP contribution in [0.3, 0.4) is 0 Å². The zero-order valence-corrected chi connectivity index (χ0v) is 9.94. The molecule has 0 radical (unpaired) electrons. The van der Waals surface area contributed by atoms with Gasteiger partial charge in [0.15, 0.2) is 5.65 Å². The Labute approximate surface area is 104 Å². The molecule has 0 fully saturated rings. The molecule has 0 saturated heterocycles. The summed E-state index contributed by atoms with van der Waals surface area (Å²) in [5.74, 6) is 0.724. The van der Waals surface area contributed by atoms with Crippen LogP contribution in [0.2, 0.25) is 0 Å². The Morgan fingerprint density at radius 3 is 2.44 bits per heavy atom. The van der Waals surface area contributed by atoms with Gasteiger partial charge in [-0.3, -0.25) is 0 Å². The molecule has 0 atom stereocenters. The highest BCUT2D eigenvalue weighted by molar-refractivity contribution is 5.78. The second-order valence-corrected chi connectivity index (χ2v) is 4.30. The summed E-state index contributed by atoms with van der Waals surface area (Å²) in [6, 6.07) is 9.29. The molecule has 1 aromatic carbocycles. The number of aromatic amines is 1. The molecule has 18 heavy (non-hydrogen) atoms. The number of rotatable bonds is 1. The Balaban J connectivity index is 2.19. The maximum atomic E-state index is 5.78. The molecule has 2 heterocycles. The minimum Gasteiger partial charge on any atom is -0.399 e. The smallest absolute Gasteiger partial charge is 0.178 e. The number of hydrogen-bond acceptors (Lipinski definition) is 4. The van der Waals surface area contributed by atoms with Gasteiger partial charge in [-0.1, -0.05) is 0 Å². The van der Waals surface area contributed by atoms with Gasteiger partial charge in [0.1, 0.15) is 5.82 Å². The van der Waals surface area contributed by atoms with Crippen molar-refractivity contribution in [3.05, 3.63) is 36.0 Å². The van der Waals surface area contributed by atoms with Crippen molar-refractivity contribution >= 4 is 22.5 Å². The summed E-state index contributed by atoms with van der Waals surface area (Å²) in [6.07, 6.45) is 0. The van der Waals surface area contributed by atoms with E-state index in [1.54, 1.807) is 6.07 Å². The van der Waals surface area contributed by atoms with Gasteiger partial charge in [-0.2, -0.15) is 0 Å². The average molecular weight is 239 g/mol. The molecule has 5 N–H and O–H groups in total. The van der Waals surface area contributed by atoms with Crippen molar-refractivity contribution in [1.29, 1.82) is 0 Å². The van der Waals surface area contributed by atoms with Crippen LogP contribution in [-0.4, -0.2) is 15.0 Å². The summed E-state index contributed by atoms with van der Waals surface area (Å²) >= 11 is 0. The van der Waals surface area contributed by atoms with Gasteiger partial charge >= 0.3 is 0 Å². The Morgan fingerprint density at radius 1 is 1.00 bits per heavy atom. The predicted octanol–water partition coefficient (Wildman–Crippen LogP) is 2.10. The van der Waals surface area contributed by atoms with Gasteiger partial charge in [-0.15, -0.1) is 0 Å². The van der Waals surface area contributed by atoms with Crippen LogP contribution < -0.4 is 11.5 Å². The lowest BCUT2D eigenvalue weighted by Gasteiger charge is -2.01. The Morgan fingerprint density at radius 2 is 1.72 bits per heavy atom. The SMILES string of the molecule is Cc1ccc2[nH]c(-c3cc(N)cc(N)c3)nc2n1. The van der Waals surface area contributed by atoms with E-state index in [-0.39, 0.29) is 0 Å². The normalized spacial score (nSPS) is 10.9. The first-order valence-electron chi connectivity index (χ1n) is 5.61. The molecular formula is C13H13N5. The summed E-state index contributed by atoms with van der Waals surface area (Å²) in [6.45, 7) is 1.94. The molecule has 0 spiro atoms. The quantitative estimate of drug-likeness (QED) is 0.567. The van der Waals surface area contributed by atoms with Crippen LogP contribution in [0.25, 0.3) is 22.6 Å². The van der Waals surface area contributed by atoms with E-state index in [1.165, 1.54) is 0 Å². The number of nitrogens with one attached hydrogen (secondary N) is 1. The van der Waals surface area contributed by atoms with Crippen LogP contribution >= 0.6 is 0 Å². The van der Waals surface area contributed by atoms with E-state index in [0.29, 0.717) is 17.0 Å². The first-order valence-corrected chi connectivity index (χ1v) is 5.61. The molecule has 2 aromatic heterocycles. The molecule has 0 amide bonds. The zero-order valence-electron chi connectivity index (χ0n) is 9.94. The van der Waals surface area contributed by atoms with Gasteiger partial charge in [0.25, 0.3) is 0 Å². The van der Waals surface area contributed by atoms with E-state index >= 15 is 0 Å². The third-order valence-electron chi connectivity index (χ3n) is 2.74. The van der Waals surface area contributed by atoms with Crippen molar-refractivity contribution in [2.45, 2.75) is 6.92 Å². The van der Waals surface area contributed by atoms with Crippen molar-refractivity contribution in [3.8, 4) is 11.4 Å². The lowest BCUT2D eigenvalue weighted by atomic mass is 10.1. The highest BCUT2D eigenvalue weighted by Gasteiger charge is 2.07. The molecule has 0 aliphatic rings. The van der Waals surface area contributed by atoms with Crippen LogP contribution in [-0.2, 0) is 0 Å². The molecule has 5 heteroatoms. The second kappa shape index (κ2) is 3.73. The minimum atomic E-state index is 0.620. The van der Waals surface area contributed by atoms with E-state index in [1.807, 2.05) is 31.2 Å². The fourth-order valence-electron chi connectivity index (χ4n) is 1.94. The third kappa shape index (κ3) is 1.75. The maximum absolute atomic E-state index is 5.78. The third-order valence-corrected chi connectivity index (χ3v) is 2.74. The first kappa shape index (κ1) is 10.6. The fourth-order valence-corrected chi connectivity index (χ4v) is 1.94. The van der Waals surface area contributed by atoms with Gasteiger partial charge in [0.2, 0.25) is 0 Å². The van der Waals surface area contributed by atoms with Crippen LogP contribution in [0, 0.1) is 6.92 Å². The highest BCUT2D eigenvalue weighted by atomic mass is 15.0. The number of benzene rings is 1. The van der Waals surface area contributed by atoms with Crippen molar-refractivity contribution in [1.82, 2.24) is 15.0 Å². The topological polar surface area (TPSA) is 93.6 Å². The van der Waals surface area contributed by atoms with Crippen molar-refractivity contribution < 1.29 is 0 Å². The summed E-state index contributed by atoms with van der Waals surface area (Å²) < 4.78 is 0. The zero-order chi connectivity index (χ0) is 12.7. The second-order valence-electron chi connectivity index (χ2n) is 4.30. The van der Waals surface area contributed by atoms with Gasteiger partial charge < -0.3 is 16.5 Å². The molecule has 0 bridgehead atoms. The predicted molar refractivity (Wildman–Crippen MR) is 72.9 cm³/mol. The number of H-pyrrole nitrogens is 1.